The molecule has 1 aromatic rings. The summed E-state index contributed by atoms with van der Waals surface area (Å²) in [5.74, 6) is 1.54. The van der Waals surface area contributed by atoms with Crippen LogP contribution in [0.4, 0.5) is 0 Å². The van der Waals surface area contributed by atoms with Crippen LogP contribution in [0.25, 0.3) is 0 Å². The van der Waals surface area contributed by atoms with E-state index in [9.17, 15) is 4.79 Å². The molecule has 2 rings (SSSR count). The summed E-state index contributed by atoms with van der Waals surface area (Å²) >= 11 is 0. The first kappa shape index (κ1) is 15.6. The van der Waals surface area contributed by atoms with Gasteiger partial charge in [-0.25, -0.2) is 0 Å². The van der Waals surface area contributed by atoms with Crippen molar-refractivity contribution >= 4 is 5.91 Å². The van der Waals surface area contributed by atoms with Crippen molar-refractivity contribution in [1.29, 1.82) is 0 Å². The van der Waals surface area contributed by atoms with Gasteiger partial charge in [0.25, 0.3) is 0 Å². The number of rotatable bonds is 4. The molecule has 1 atom stereocenters. The van der Waals surface area contributed by atoms with E-state index in [-0.39, 0.29) is 24.2 Å². The minimum Gasteiger partial charge on any atom is -0.454 e. The summed E-state index contributed by atoms with van der Waals surface area (Å²) < 4.78 is 10.6. The summed E-state index contributed by atoms with van der Waals surface area (Å²) in [6.07, 6.45) is 0.352. The Labute approximate surface area is 126 Å². The maximum Gasteiger partial charge on any atom is 0.231 e. The van der Waals surface area contributed by atoms with Crippen molar-refractivity contribution in [2.45, 2.75) is 39.8 Å². The van der Waals surface area contributed by atoms with Gasteiger partial charge in [-0.15, -0.1) is 0 Å². The third kappa shape index (κ3) is 3.88. The molecule has 0 fully saturated rings. The quantitative estimate of drug-likeness (QED) is 0.923. The van der Waals surface area contributed by atoms with E-state index in [4.69, 9.17) is 15.2 Å². The first-order chi connectivity index (χ1) is 9.77. The molecule has 1 heterocycles. The highest BCUT2D eigenvalue weighted by Crippen LogP contribution is 2.32. The topological polar surface area (TPSA) is 64.8 Å². The van der Waals surface area contributed by atoms with E-state index in [1.807, 2.05) is 39.0 Å². The number of carbonyl (C=O) groups is 1. The highest BCUT2D eigenvalue weighted by molar-refractivity contribution is 5.76. The highest BCUT2D eigenvalue weighted by Gasteiger charge is 2.24. The average molecular weight is 292 g/mol. The van der Waals surface area contributed by atoms with E-state index in [1.54, 1.807) is 11.9 Å². The molecular formula is C16H24N2O3. The summed E-state index contributed by atoms with van der Waals surface area (Å²) in [6, 6.07) is 5.58. The van der Waals surface area contributed by atoms with Gasteiger partial charge in [-0.3, -0.25) is 4.79 Å². The Balaban J connectivity index is 1.95. The number of ether oxygens (including phenoxy) is 2. The number of hydrogen-bond donors (Lipinski definition) is 1. The Morgan fingerprint density at radius 1 is 1.33 bits per heavy atom. The number of hydrogen-bond acceptors (Lipinski definition) is 4. The van der Waals surface area contributed by atoms with Gasteiger partial charge >= 0.3 is 0 Å². The molecule has 1 aliphatic rings. The van der Waals surface area contributed by atoms with E-state index in [2.05, 4.69) is 0 Å². The third-order valence-electron chi connectivity index (χ3n) is 3.79. The Morgan fingerprint density at radius 2 is 2.00 bits per heavy atom. The molecule has 0 radical (unpaired) electrons. The van der Waals surface area contributed by atoms with Crippen LogP contribution >= 0.6 is 0 Å². The first-order valence-corrected chi connectivity index (χ1v) is 7.15. The molecule has 116 valence electrons. The monoisotopic (exact) mass is 292 g/mol. The lowest BCUT2D eigenvalue weighted by molar-refractivity contribution is -0.131. The molecule has 0 aromatic heterocycles. The fourth-order valence-electron chi connectivity index (χ4n) is 2.05. The third-order valence-corrected chi connectivity index (χ3v) is 3.79. The smallest absolute Gasteiger partial charge is 0.231 e. The van der Waals surface area contributed by atoms with Crippen molar-refractivity contribution in [3.05, 3.63) is 23.8 Å². The molecule has 5 heteroatoms. The van der Waals surface area contributed by atoms with Crippen LogP contribution in [0, 0.1) is 5.41 Å². The molecule has 1 aromatic carbocycles. The van der Waals surface area contributed by atoms with E-state index < -0.39 is 0 Å². The van der Waals surface area contributed by atoms with Crippen molar-refractivity contribution in [1.82, 2.24) is 4.90 Å². The molecule has 5 nitrogen and oxygen atoms in total. The second-order valence-electron chi connectivity index (χ2n) is 6.61. The summed E-state index contributed by atoms with van der Waals surface area (Å²) in [5, 5.41) is 0. The van der Waals surface area contributed by atoms with Gasteiger partial charge in [-0.05, 0) is 23.1 Å². The van der Waals surface area contributed by atoms with Crippen LogP contribution in [-0.4, -0.2) is 30.7 Å². The Bertz CT molecular complexity index is 523. The van der Waals surface area contributed by atoms with Crippen LogP contribution in [0.3, 0.4) is 0 Å². The van der Waals surface area contributed by atoms with Crippen molar-refractivity contribution in [2.24, 2.45) is 11.1 Å². The Morgan fingerprint density at radius 3 is 2.67 bits per heavy atom. The normalized spacial score (nSPS) is 14.9. The summed E-state index contributed by atoms with van der Waals surface area (Å²) in [5.41, 5.74) is 7.01. The van der Waals surface area contributed by atoms with Crippen molar-refractivity contribution < 1.29 is 14.3 Å². The van der Waals surface area contributed by atoms with Crippen molar-refractivity contribution in [3.8, 4) is 11.5 Å². The molecule has 0 saturated heterocycles. The minimum atomic E-state index is -0.149. The van der Waals surface area contributed by atoms with E-state index in [1.165, 1.54) is 0 Å². The second kappa shape index (κ2) is 5.93. The van der Waals surface area contributed by atoms with E-state index in [0.29, 0.717) is 13.0 Å². The zero-order chi connectivity index (χ0) is 15.6. The van der Waals surface area contributed by atoms with Crippen LogP contribution in [0.2, 0.25) is 0 Å². The van der Waals surface area contributed by atoms with Gasteiger partial charge in [-0.2, -0.15) is 0 Å². The summed E-state index contributed by atoms with van der Waals surface area (Å²) in [6.45, 7) is 6.93. The van der Waals surface area contributed by atoms with Gasteiger partial charge in [0.2, 0.25) is 12.7 Å². The lowest BCUT2D eigenvalue weighted by Crippen LogP contribution is -2.40. The lowest BCUT2D eigenvalue weighted by atomic mass is 9.85. The van der Waals surface area contributed by atoms with Crippen molar-refractivity contribution in [3.63, 3.8) is 0 Å². The maximum atomic E-state index is 12.2. The Kier molecular flexibility index (Phi) is 4.42. The molecule has 1 unspecified atom stereocenters. The van der Waals surface area contributed by atoms with E-state index in [0.717, 1.165) is 17.1 Å². The number of nitrogens with two attached hydrogens (primary N) is 1. The fraction of sp³-hybridized carbons (Fsp3) is 0.562. The van der Waals surface area contributed by atoms with Gasteiger partial charge in [0.05, 0.1) is 0 Å². The van der Waals surface area contributed by atoms with Crippen LogP contribution in [0.15, 0.2) is 18.2 Å². The zero-order valence-electron chi connectivity index (χ0n) is 13.2. The fourth-order valence-corrected chi connectivity index (χ4v) is 2.05. The van der Waals surface area contributed by atoms with Gasteiger partial charge in [0, 0.05) is 26.1 Å². The van der Waals surface area contributed by atoms with Gasteiger partial charge in [0.1, 0.15) is 0 Å². The number of carbonyl (C=O) groups excluding carboxylic acids is 1. The number of nitrogens with zero attached hydrogens (tertiary/aromatic N) is 1. The van der Waals surface area contributed by atoms with Gasteiger partial charge in [0.15, 0.2) is 11.5 Å². The average Bonchev–Trinajstić information content (AvgIpc) is 2.84. The minimum absolute atomic E-state index is 0.0510. The number of amides is 1. The molecule has 2 N–H and O–H groups in total. The first-order valence-electron chi connectivity index (χ1n) is 7.15. The number of benzene rings is 1. The molecule has 0 bridgehead atoms. The van der Waals surface area contributed by atoms with Gasteiger partial charge in [-0.1, -0.05) is 26.8 Å². The molecule has 1 amide bonds. The standard InChI is InChI=1S/C16H24N2O3/c1-16(2,3)14(17)8-15(19)18(4)9-11-5-6-12-13(7-11)21-10-20-12/h5-7,14H,8-10,17H2,1-4H3. The van der Waals surface area contributed by atoms with Gasteiger partial charge < -0.3 is 20.1 Å². The molecule has 0 spiro atoms. The van der Waals surface area contributed by atoms with Crippen LogP contribution < -0.4 is 15.2 Å². The maximum absolute atomic E-state index is 12.2. The number of fused-ring (bicyclic) bond motifs is 1. The van der Waals surface area contributed by atoms with Crippen LogP contribution in [-0.2, 0) is 11.3 Å². The summed E-state index contributed by atoms with van der Waals surface area (Å²) in [4.78, 5) is 13.9. The molecule has 1 aliphatic heterocycles. The molecule has 0 aliphatic carbocycles. The predicted octanol–water partition coefficient (Wildman–Crippen LogP) is 2.14. The largest absolute Gasteiger partial charge is 0.454 e. The van der Waals surface area contributed by atoms with E-state index >= 15 is 0 Å². The molecule has 21 heavy (non-hydrogen) atoms. The predicted molar refractivity (Wildman–Crippen MR) is 81.1 cm³/mol. The molecule has 0 saturated carbocycles. The zero-order valence-corrected chi connectivity index (χ0v) is 13.2. The van der Waals surface area contributed by atoms with Crippen LogP contribution in [0.1, 0.15) is 32.8 Å². The second-order valence-corrected chi connectivity index (χ2v) is 6.61. The van der Waals surface area contributed by atoms with Crippen molar-refractivity contribution in [2.75, 3.05) is 13.8 Å². The SMILES string of the molecule is CN(Cc1ccc2c(c1)OCO2)C(=O)CC(N)C(C)(C)C. The Hall–Kier alpha value is -1.75. The lowest BCUT2D eigenvalue weighted by Gasteiger charge is -2.28. The van der Waals surface area contributed by atoms with Crippen LogP contribution in [0.5, 0.6) is 11.5 Å². The molecular weight excluding hydrogens is 268 g/mol. The summed E-state index contributed by atoms with van der Waals surface area (Å²) in [7, 11) is 1.79. The highest BCUT2D eigenvalue weighted by atomic mass is 16.7.